The van der Waals surface area contributed by atoms with Crippen LogP contribution in [0.2, 0.25) is 0 Å². The molecule has 0 spiro atoms. The molecule has 2 rings (SSSR count). The number of benzene rings is 1. The molecule has 1 atom stereocenters. The van der Waals surface area contributed by atoms with E-state index in [9.17, 15) is 4.79 Å². The van der Waals surface area contributed by atoms with Crippen molar-refractivity contribution in [2.24, 2.45) is 0 Å². The Morgan fingerprint density at radius 3 is 2.89 bits per heavy atom. The molecule has 1 amide bonds. The van der Waals surface area contributed by atoms with Crippen molar-refractivity contribution >= 4 is 28.7 Å². The number of carbonyl (C=O) groups excluding carboxylic acids is 1. The van der Waals surface area contributed by atoms with Crippen LogP contribution in [0.1, 0.15) is 19.4 Å². The van der Waals surface area contributed by atoms with E-state index in [1.165, 1.54) is 11.7 Å². The lowest BCUT2D eigenvalue weighted by Gasteiger charge is -2.21. The standard InChI is InChI=1S/C13H17N3O2S/c1-4-18-9(2)13(17)16(3)8-10-5-6-11-12(7-10)15-19-14-11/h5-7,9H,4,8H2,1-3H3/t9-/m1/s1. The van der Waals surface area contributed by atoms with Crippen LogP contribution in [0.4, 0.5) is 0 Å². The number of hydrogen-bond acceptors (Lipinski definition) is 5. The summed E-state index contributed by atoms with van der Waals surface area (Å²) in [5, 5.41) is 0. The molecular weight excluding hydrogens is 262 g/mol. The summed E-state index contributed by atoms with van der Waals surface area (Å²) in [4.78, 5) is 13.7. The molecule has 19 heavy (non-hydrogen) atoms. The second-order valence-electron chi connectivity index (χ2n) is 4.38. The Balaban J connectivity index is 2.05. The zero-order chi connectivity index (χ0) is 13.8. The highest BCUT2D eigenvalue weighted by molar-refractivity contribution is 7.00. The third-order valence-corrected chi connectivity index (χ3v) is 3.44. The summed E-state index contributed by atoms with van der Waals surface area (Å²) >= 11 is 1.20. The Kier molecular flexibility index (Phi) is 4.44. The second kappa shape index (κ2) is 6.08. The maximum atomic E-state index is 12.0. The van der Waals surface area contributed by atoms with Crippen LogP contribution in [0.5, 0.6) is 0 Å². The highest BCUT2D eigenvalue weighted by Gasteiger charge is 2.17. The maximum absolute atomic E-state index is 12.0. The van der Waals surface area contributed by atoms with Crippen molar-refractivity contribution in [2.75, 3.05) is 13.7 Å². The molecule has 1 aromatic heterocycles. The van der Waals surface area contributed by atoms with Crippen molar-refractivity contribution in [2.45, 2.75) is 26.5 Å². The van der Waals surface area contributed by atoms with Crippen LogP contribution in [0.3, 0.4) is 0 Å². The van der Waals surface area contributed by atoms with E-state index in [1.54, 1.807) is 18.9 Å². The molecule has 1 aromatic carbocycles. The van der Waals surface area contributed by atoms with E-state index in [4.69, 9.17) is 4.74 Å². The Hall–Kier alpha value is -1.53. The first kappa shape index (κ1) is 13.9. The Bertz CT molecular complexity index is 570. The summed E-state index contributed by atoms with van der Waals surface area (Å²) in [6, 6.07) is 5.87. The van der Waals surface area contributed by atoms with E-state index < -0.39 is 6.10 Å². The van der Waals surface area contributed by atoms with Crippen LogP contribution < -0.4 is 0 Å². The number of likely N-dealkylation sites (N-methyl/N-ethyl adjacent to an activating group) is 1. The number of ether oxygens (including phenoxy) is 1. The molecule has 5 nitrogen and oxygen atoms in total. The van der Waals surface area contributed by atoms with Gasteiger partial charge in [0.25, 0.3) is 5.91 Å². The van der Waals surface area contributed by atoms with Crippen molar-refractivity contribution in [1.82, 2.24) is 13.6 Å². The van der Waals surface area contributed by atoms with E-state index in [-0.39, 0.29) is 5.91 Å². The van der Waals surface area contributed by atoms with E-state index in [1.807, 2.05) is 25.1 Å². The largest absolute Gasteiger partial charge is 0.369 e. The normalized spacial score (nSPS) is 12.6. The van der Waals surface area contributed by atoms with Gasteiger partial charge in [0.15, 0.2) is 0 Å². The van der Waals surface area contributed by atoms with Gasteiger partial charge in [-0.15, -0.1) is 0 Å². The first-order valence-corrected chi connectivity index (χ1v) is 6.92. The average molecular weight is 279 g/mol. The quantitative estimate of drug-likeness (QED) is 0.841. The molecule has 0 radical (unpaired) electrons. The van der Waals surface area contributed by atoms with Crippen LogP contribution >= 0.6 is 11.7 Å². The molecule has 0 aliphatic heterocycles. The number of aromatic nitrogens is 2. The zero-order valence-electron chi connectivity index (χ0n) is 11.3. The lowest BCUT2D eigenvalue weighted by molar-refractivity contribution is -0.141. The first-order valence-electron chi connectivity index (χ1n) is 6.19. The molecular formula is C13H17N3O2S. The fraction of sp³-hybridized carbons (Fsp3) is 0.462. The Morgan fingerprint density at radius 1 is 1.42 bits per heavy atom. The summed E-state index contributed by atoms with van der Waals surface area (Å²) in [6.07, 6.45) is -0.403. The second-order valence-corrected chi connectivity index (χ2v) is 4.91. The van der Waals surface area contributed by atoms with Gasteiger partial charge >= 0.3 is 0 Å². The van der Waals surface area contributed by atoms with Crippen LogP contribution in [-0.4, -0.2) is 39.3 Å². The first-order chi connectivity index (χ1) is 9.11. The molecule has 0 aliphatic rings. The van der Waals surface area contributed by atoms with E-state index in [2.05, 4.69) is 8.75 Å². The smallest absolute Gasteiger partial charge is 0.251 e. The third-order valence-electron chi connectivity index (χ3n) is 2.88. The molecule has 1 heterocycles. The number of rotatable bonds is 5. The number of nitrogens with zero attached hydrogens (tertiary/aromatic N) is 3. The number of amides is 1. The van der Waals surface area contributed by atoms with Gasteiger partial charge < -0.3 is 9.64 Å². The van der Waals surface area contributed by atoms with Crippen molar-refractivity contribution < 1.29 is 9.53 Å². The molecule has 0 saturated heterocycles. The number of fused-ring (bicyclic) bond motifs is 1. The van der Waals surface area contributed by atoms with Crippen LogP contribution in [-0.2, 0) is 16.1 Å². The van der Waals surface area contributed by atoms with Crippen molar-refractivity contribution in [1.29, 1.82) is 0 Å². The van der Waals surface area contributed by atoms with E-state index in [0.29, 0.717) is 13.2 Å². The van der Waals surface area contributed by atoms with Gasteiger partial charge in [-0.05, 0) is 31.5 Å². The fourth-order valence-corrected chi connectivity index (χ4v) is 2.43. The topological polar surface area (TPSA) is 55.3 Å². The molecule has 2 aromatic rings. The predicted octanol–water partition coefficient (Wildman–Crippen LogP) is 2.07. The zero-order valence-corrected chi connectivity index (χ0v) is 12.1. The Morgan fingerprint density at radius 2 is 2.16 bits per heavy atom. The summed E-state index contributed by atoms with van der Waals surface area (Å²) in [6.45, 7) is 4.74. The van der Waals surface area contributed by atoms with E-state index in [0.717, 1.165) is 16.6 Å². The van der Waals surface area contributed by atoms with Crippen LogP contribution in [0, 0.1) is 0 Å². The van der Waals surface area contributed by atoms with Gasteiger partial charge in [-0.3, -0.25) is 4.79 Å². The van der Waals surface area contributed by atoms with Gasteiger partial charge in [0, 0.05) is 20.2 Å². The van der Waals surface area contributed by atoms with Crippen LogP contribution in [0.15, 0.2) is 18.2 Å². The third kappa shape index (κ3) is 3.27. The molecule has 0 fully saturated rings. The minimum absolute atomic E-state index is 0.0154. The molecule has 6 heteroatoms. The predicted molar refractivity (Wildman–Crippen MR) is 75.0 cm³/mol. The van der Waals surface area contributed by atoms with Gasteiger partial charge in [0.05, 0.1) is 11.7 Å². The molecule has 0 unspecified atom stereocenters. The fourth-order valence-electron chi connectivity index (χ4n) is 1.91. The van der Waals surface area contributed by atoms with Gasteiger partial charge in [-0.1, -0.05) is 6.07 Å². The lowest BCUT2D eigenvalue weighted by atomic mass is 10.2. The van der Waals surface area contributed by atoms with Crippen molar-refractivity contribution in [3.05, 3.63) is 23.8 Å². The highest BCUT2D eigenvalue weighted by atomic mass is 32.1. The summed E-state index contributed by atoms with van der Waals surface area (Å²) in [7, 11) is 1.78. The van der Waals surface area contributed by atoms with Gasteiger partial charge in [-0.2, -0.15) is 8.75 Å². The van der Waals surface area contributed by atoms with Gasteiger partial charge in [-0.25, -0.2) is 0 Å². The lowest BCUT2D eigenvalue weighted by Crippen LogP contribution is -2.35. The molecule has 0 bridgehead atoms. The van der Waals surface area contributed by atoms with E-state index >= 15 is 0 Å². The minimum atomic E-state index is -0.403. The van der Waals surface area contributed by atoms with Crippen molar-refractivity contribution in [3.63, 3.8) is 0 Å². The Labute approximate surface area is 116 Å². The van der Waals surface area contributed by atoms with Gasteiger partial charge in [0.1, 0.15) is 17.1 Å². The highest BCUT2D eigenvalue weighted by Crippen LogP contribution is 2.15. The molecule has 0 N–H and O–H groups in total. The number of hydrogen-bond donors (Lipinski definition) is 0. The minimum Gasteiger partial charge on any atom is -0.369 e. The maximum Gasteiger partial charge on any atom is 0.251 e. The van der Waals surface area contributed by atoms with Crippen LogP contribution in [0.25, 0.3) is 11.0 Å². The summed E-state index contributed by atoms with van der Waals surface area (Å²) < 4.78 is 13.7. The summed E-state index contributed by atoms with van der Waals surface area (Å²) in [5.74, 6) is -0.0154. The SMILES string of the molecule is CCO[C@H](C)C(=O)N(C)Cc1ccc2nsnc2c1. The molecule has 0 aliphatic carbocycles. The monoisotopic (exact) mass is 279 g/mol. The van der Waals surface area contributed by atoms with Crippen molar-refractivity contribution in [3.8, 4) is 0 Å². The molecule has 0 saturated carbocycles. The molecule has 102 valence electrons. The summed E-state index contributed by atoms with van der Waals surface area (Å²) in [5.41, 5.74) is 2.81. The average Bonchev–Trinajstić information content (AvgIpc) is 2.85. The van der Waals surface area contributed by atoms with Gasteiger partial charge in [0.2, 0.25) is 0 Å². The number of carbonyl (C=O) groups is 1.